The molecule has 1 aromatic carbocycles. The standard InChI is InChI=1S/C15H29NO2.C14H30O3.C12H26O2.C10H12O2.C8H16N2O2.C6H12O4/c1-14(2,3)10-12(17)8-7-9-16-13(18)11-15(4,5)6;1-13(2,3)11-16-9-7-15-8-10-17-12-14(4,5)6;1-11(2,3)7-8-13-9-10-14-12(4,5)6;1-2-8-3-5-9(6-4-8)7-10(11)12;1-2-9-3-5-10(6-4-9)7-8(11)12;1-8-6-10-5-4-9-3-2-7/h7-11H2,1-6H3,(H,16,18);7-12H2,1-6H3;7-10H2,1-6H3;3-6H,2,7H2,1H3,(H,11,12);2-7H2,1H3,(H,11,12);2H,3-6H2,1H3. The Kier molecular flexibility index (Phi) is 51.5. The summed E-state index contributed by atoms with van der Waals surface area (Å²) in [6, 6.07) is 7.68. The van der Waals surface area contributed by atoms with Gasteiger partial charge in [0.25, 0.3) is 0 Å². The number of Topliss-reactive ketones (excluding diaryl/α,β-unsaturated/α-hetero) is 1. The molecule has 0 aromatic heterocycles. The summed E-state index contributed by atoms with van der Waals surface area (Å²) in [4.78, 5) is 57.9. The van der Waals surface area contributed by atoms with Crippen LogP contribution in [0.5, 0.6) is 0 Å². The second-order valence-electron chi connectivity index (χ2n) is 27.6. The van der Waals surface area contributed by atoms with E-state index in [2.05, 4.69) is 133 Å². The van der Waals surface area contributed by atoms with Gasteiger partial charge in [-0.3, -0.25) is 24.1 Å². The number of carboxylic acid groups (broad SMARTS) is 2. The monoisotopic (exact) mass is 1190 g/mol. The van der Waals surface area contributed by atoms with Gasteiger partial charge in [-0.25, -0.2) is 0 Å². The van der Waals surface area contributed by atoms with E-state index in [-0.39, 0.29) is 65.3 Å². The first-order chi connectivity index (χ1) is 38.3. The van der Waals surface area contributed by atoms with E-state index in [4.69, 9.17) is 43.4 Å². The maximum atomic E-state index is 11.6. The molecule has 18 heteroatoms. The van der Waals surface area contributed by atoms with Crippen LogP contribution in [-0.4, -0.2) is 195 Å². The van der Waals surface area contributed by atoms with Crippen molar-refractivity contribution in [2.75, 3.05) is 139 Å². The Hall–Kier alpha value is -3.43. The molecule has 18 nitrogen and oxygen atoms in total. The molecule has 1 amide bonds. The molecular weight excluding hydrogens is 1060 g/mol. The second-order valence-corrected chi connectivity index (χ2v) is 27.6. The molecule has 2 rings (SSSR count). The van der Waals surface area contributed by atoms with Gasteiger partial charge in [-0.05, 0) is 84.8 Å². The van der Waals surface area contributed by atoms with Gasteiger partial charge in [0, 0.05) is 65.7 Å². The first-order valence-electron chi connectivity index (χ1n) is 30.0. The molecule has 0 spiro atoms. The molecule has 1 aromatic rings. The third kappa shape index (κ3) is 76.6. The number of likely N-dealkylation sites (N-methyl/N-ethyl adjacent to an activating group) is 1. The van der Waals surface area contributed by atoms with Gasteiger partial charge >= 0.3 is 11.9 Å². The summed E-state index contributed by atoms with van der Waals surface area (Å²) in [5, 5.41) is 19.9. The number of rotatable bonds is 32. The molecule has 0 saturated carbocycles. The SMILES string of the molecule is CC(C)(C)CC(=O)CCCNC(=O)CC(C)(C)C.CC(C)(C)CCOCCOC(C)(C)C.CC(C)(C)COCCOCCOCC(C)(C)C.CCN1CCN(CC(=O)O)CC1.CCc1ccc(CC(=O)O)cc1.COCOCCOCC=O. The Balaban J connectivity index is -0.000000456. The zero-order valence-corrected chi connectivity index (χ0v) is 56.6. The lowest BCUT2D eigenvalue weighted by Gasteiger charge is -2.32. The second kappa shape index (κ2) is 49.7. The first kappa shape index (κ1) is 86.0. The van der Waals surface area contributed by atoms with E-state index in [1.165, 1.54) is 5.56 Å². The summed E-state index contributed by atoms with van der Waals surface area (Å²) in [5.41, 5.74) is 2.96. The minimum Gasteiger partial charge on any atom is -0.481 e. The number of ether oxygens (including phenoxy) is 8. The van der Waals surface area contributed by atoms with E-state index in [0.29, 0.717) is 90.4 Å². The predicted molar refractivity (Wildman–Crippen MR) is 335 cm³/mol. The number of amides is 1. The fraction of sp³-hybridized carbons (Fsp3) is 0.831. The van der Waals surface area contributed by atoms with Crippen molar-refractivity contribution in [3.05, 3.63) is 35.4 Å². The summed E-state index contributed by atoms with van der Waals surface area (Å²) < 4.78 is 41.7. The van der Waals surface area contributed by atoms with Crippen LogP contribution in [0.1, 0.15) is 182 Å². The number of hydrogen-bond donors (Lipinski definition) is 3. The largest absolute Gasteiger partial charge is 0.481 e. The summed E-state index contributed by atoms with van der Waals surface area (Å²) >= 11 is 0. The number of hydrogen-bond acceptors (Lipinski definition) is 15. The summed E-state index contributed by atoms with van der Waals surface area (Å²) in [6.07, 6.45) is 5.36. The van der Waals surface area contributed by atoms with Gasteiger partial charge < -0.3 is 63.1 Å². The average Bonchev–Trinajstić information content (AvgIpc) is 3.34. The number of ketones is 1. The molecule has 0 radical (unpaired) electrons. The highest BCUT2D eigenvalue weighted by Gasteiger charge is 2.19. The molecule has 0 unspecified atom stereocenters. The number of nitrogens with one attached hydrogen (secondary N) is 1. The Morgan fingerprint density at radius 1 is 0.554 bits per heavy atom. The molecule has 1 aliphatic rings. The molecule has 1 heterocycles. The molecule has 0 aliphatic carbocycles. The van der Waals surface area contributed by atoms with Crippen molar-refractivity contribution in [2.24, 2.45) is 27.1 Å². The zero-order valence-electron chi connectivity index (χ0n) is 56.6. The van der Waals surface area contributed by atoms with E-state index in [1.54, 1.807) is 7.11 Å². The van der Waals surface area contributed by atoms with Crippen molar-refractivity contribution in [3.8, 4) is 0 Å². The number of aliphatic carboxylic acids is 2. The minimum atomic E-state index is -0.778. The topological polar surface area (TPSA) is 218 Å². The third-order valence-corrected chi connectivity index (χ3v) is 10.8. The lowest BCUT2D eigenvalue weighted by molar-refractivity contribution is -0.139. The van der Waals surface area contributed by atoms with Crippen molar-refractivity contribution in [1.82, 2.24) is 15.1 Å². The van der Waals surface area contributed by atoms with Gasteiger partial charge in [0.2, 0.25) is 5.91 Å². The van der Waals surface area contributed by atoms with Crippen LogP contribution in [-0.2, 0) is 74.7 Å². The zero-order chi connectivity index (χ0) is 64.6. The highest BCUT2D eigenvalue weighted by Crippen LogP contribution is 2.21. The molecule has 0 bridgehead atoms. The summed E-state index contributed by atoms with van der Waals surface area (Å²) in [5.74, 6) is -1.14. The minimum absolute atomic E-state index is 0.0200. The summed E-state index contributed by atoms with van der Waals surface area (Å²) in [6.45, 7) is 55.7. The fourth-order valence-electron chi connectivity index (χ4n) is 6.63. The number of carbonyl (C=O) groups is 5. The molecule has 1 saturated heterocycles. The smallest absolute Gasteiger partial charge is 0.317 e. The number of aldehydes is 1. The lowest BCUT2D eigenvalue weighted by atomic mass is 9.89. The molecule has 3 N–H and O–H groups in total. The van der Waals surface area contributed by atoms with Gasteiger partial charge in [0.05, 0.1) is 84.6 Å². The maximum Gasteiger partial charge on any atom is 0.317 e. The van der Waals surface area contributed by atoms with Crippen LogP contribution in [0.15, 0.2) is 24.3 Å². The Morgan fingerprint density at radius 2 is 1.01 bits per heavy atom. The van der Waals surface area contributed by atoms with E-state index in [9.17, 15) is 24.0 Å². The highest BCUT2D eigenvalue weighted by atomic mass is 16.7. The summed E-state index contributed by atoms with van der Waals surface area (Å²) in [7, 11) is 1.55. The van der Waals surface area contributed by atoms with Crippen molar-refractivity contribution in [2.45, 2.75) is 189 Å². The van der Waals surface area contributed by atoms with Crippen LogP contribution in [0, 0.1) is 27.1 Å². The third-order valence-electron chi connectivity index (χ3n) is 10.8. The van der Waals surface area contributed by atoms with Crippen LogP contribution in [0.4, 0.5) is 0 Å². The van der Waals surface area contributed by atoms with E-state index < -0.39 is 11.9 Å². The maximum absolute atomic E-state index is 11.6. The highest BCUT2D eigenvalue weighted by molar-refractivity contribution is 5.79. The van der Waals surface area contributed by atoms with E-state index in [1.807, 2.05) is 49.9 Å². The Morgan fingerprint density at radius 3 is 1.43 bits per heavy atom. The Labute approximate surface area is 505 Å². The van der Waals surface area contributed by atoms with Crippen LogP contribution in [0.2, 0.25) is 0 Å². The van der Waals surface area contributed by atoms with Crippen molar-refractivity contribution < 1.29 is 72.1 Å². The molecular formula is C65H125N3O15. The van der Waals surface area contributed by atoms with Gasteiger partial charge in [-0.2, -0.15) is 0 Å². The van der Waals surface area contributed by atoms with Gasteiger partial charge in [0.15, 0.2) is 0 Å². The first-order valence-corrected chi connectivity index (χ1v) is 30.0. The average molecular weight is 1190 g/mol. The Bertz CT molecular complexity index is 1660. The van der Waals surface area contributed by atoms with Gasteiger partial charge in [-0.1, -0.05) is 142 Å². The van der Waals surface area contributed by atoms with Gasteiger partial charge in [0.1, 0.15) is 25.5 Å². The van der Waals surface area contributed by atoms with Crippen LogP contribution in [0.25, 0.3) is 0 Å². The fourth-order valence-corrected chi connectivity index (χ4v) is 6.63. The molecule has 1 aliphatic heterocycles. The number of aryl methyl sites for hydroxylation is 1. The van der Waals surface area contributed by atoms with Crippen molar-refractivity contribution in [3.63, 3.8) is 0 Å². The number of nitrogens with zero attached hydrogens (tertiary/aromatic N) is 2. The molecule has 83 heavy (non-hydrogen) atoms. The van der Waals surface area contributed by atoms with E-state index in [0.717, 1.165) is 77.4 Å². The predicted octanol–water partition coefficient (Wildman–Crippen LogP) is 11.1. The molecule has 490 valence electrons. The lowest BCUT2D eigenvalue weighted by Crippen LogP contribution is -2.47. The molecule has 1 fully saturated rings. The normalized spacial score (nSPS) is 13.2. The van der Waals surface area contributed by atoms with Crippen LogP contribution < -0.4 is 5.32 Å². The number of piperazine rings is 1. The quantitative estimate of drug-likeness (QED) is 0.0347. The number of carbonyl (C=O) groups excluding carboxylic acids is 3. The van der Waals surface area contributed by atoms with Crippen molar-refractivity contribution >= 4 is 29.9 Å². The number of carboxylic acids is 2. The molecule has 0 atom stereocenters. The van der Waals surface area contributed by atoms with Gasteiger partial charge in [-0.15, -0.1) is 0 Å². The van der Waals surface area contributed by atoms with E-state index >= 15 is 0 Å². The van der Waals surface area contributed by atoms with Crippen LogP contribution in [0.3, 0.4) is 0 Å². The van der Waals surface area contributed by atoms with Crippen LogP contribution >= 0.6 is 0 Å². The number of benzene rings is 1. The van der Waals surface area contributed by atoms with Crippen molar-refractivity contribution in [1.29, 1.82) is 0 Å². The number of methoxy groups -OCH3 is 1.